The molecule has 0 unspecified atom stereocenters. The molecule has 2 aromatic heterocycles. The van der Waals surface area contributed by atoms with Crippen LogP contribution >= 0.6 is 22.9 Å². The lowest BCUT2D eigenvalue weighted by Crippen LogP contribution is -2.02. The molecule has 92 valence electrons. The molecule has 0 aliphatic carbocycles. The van der Waals surface area contributed by atoms with Crippen molar-refractivity contribution in [1.29, 1.82) is 0 Å². The number of aromatic nitrogens is 3. The molecule has 0 aliphatic rings. The van der Waals surface area contributed by atoms with Gasteiger partial charge >= 0.3 is 0 Å². The molecular weight excluding hydrogens is 266 g/mol. The van der Waals surface area contributed by atoms with Crippen molar-refractivity contribution in [3.05, 3.63) is 46.2 Å². The number of nitrogens with zero attached hydrogens (tertiary/aromatic N) is 3. The van der Waals surface area contributed by atoms with Crippen molar-refractivity contribution in [3.63, 3.8) is 0 Å². The highest BCUT2D eigenvalue weighted by atomic mass is 35.5. The fraction of sp³-hybridized carbons (Fsp3) is 0.231. The Labute approximate surface area is 114 Å². The fourth-order valence-electron chi connectivity index (χ4n) is 2.04. The second-order valence-electron chi connectivity index (χ2n) is 4.21. The predicted octanol–water partition coefficient (Wildman–Crippen LogP) is 3.59. The van der Waals surface area contributed by atoms with Crippen molar-refractivity contribution < 1.29 is 0 Å². The number of benzene rings is 1. The maximum absolute atomic E-state index is 5.99. The predicted molar refractivity (Wildman–Crippen MR) is 75.2 cm³/mol. The van der Waals surface area contributed by atoms with E-state index in [1.165, 1.54) is 10.4 Å². The van der Waals surface area contributed by atoms with E-state index in [9.17, 15) is 0 Å². The van der Waals surface area contributed by atoms with E-state index in [0.29, 0.717) is 5.88 Å². The second kappa shape index (κ2) is 4.71. The highest BCUT2D eigenvalue weighted by Gasteiger charge is 2.10. The van der Waals surface area contributed by atoms with E-state index >= 15 is 0 Å². The Morgan fingerprint density at radius 2 is 2.28 bits per heavy atom. The maximum atomic E-state index is 5.99. The van der Waals surface area contributed by atoms with E-state index in [4.69, 9.17) is 11.6 Å². The smallest absolute Gasteiger partial charge is 0.125 e. The summed E-state index contributed by atoms with van der Waals surface area (Å²) in [7, 11) is 0. The minimum Gasteiger partial charge on any atom is -0.322 e. The number of alkyl halides is 1. The van der Waals surface area contributed by atoms with E-state index in [1.54, 1.807) is 11.3 Å². The van der Waals surface area contributed by atoms with E-state index in [2.05, 4.69) is 39.7 Å². The summed E-state index contributed by atoms with van der Waals surface area (Å²) in [4.78, 5) is 9.90. The largest absolute Gasteiger partial charge is 0.322 e. The molecule has 0 fully saturated rings. The average Bonchev–Trinajstić information content (AvgIpc) is 2.97. The molecule has 0 saturated carbocycles. The van der Waals surface area contributed by atoms with E-state index in [-0.39, 0.29) is 0 Å². The van der Waals surface area contributed by atoms with Crippen LogP contribution in [-0.2, 0) is 12.4 Å². The quantitative estimate of drug-likeness (QED) is 0.685. The Morgan fingerprint density at radius 1 is 1.39 bits per heavy atom. The first kappa shape index (κ1) is 11.7. The van der Waals surface area contributed by atoms with Crippen molar-refractivity contribution in [2.24, 2.45) is 0 Å². The molecule has 0 saturated heterocycles. The average molecular weight is 278 g/mol. The Hall–Kier alpha value is -1.39. The summed E-state index contributed by atoms with van der Waals surface area (Å²) in [5.41, 5.74) is 5.20. The Kier molecular flexibility index (Phi) is 3.06. The SMILES string of the molecule is Cc1ccc2c(c1)nc(CCl)n2Cc1cncs1. The molecule has 0 N–H and O–H groups in total. The zero-order valence-electron chi connectivity index (χ0n) is 9.93. The van der Waals surface area contributed by atoms with E-state index in [0.717, 1.165) is 23.4 Å². The normalized spacial score (nSPS) is 11.2. The highest BCUT2D eigenvalue weighted by Crippen LogP contribution is 2.21. The number of hydrogen-bond acceptors (Lipinski definition) is 3. The van der Waals surface area contributed by atoms with Gasteiger partial charge in [0.15, 0.2) is 0 Å². The number of halogens is 1. The summed E-state index contributed by atoms with van der Waals surface area (Å²) in [5, 5.41) is 0. The van der Waals surface area contributed by atoms with E-state index in [1.807, 2.05) is 11.7 Å². The molecule has 0 radical (unpaired) electrons. The van der Waals surface area contributed by atoms with Crippen LogP contribution in [-0.4, -0.2) is 14.5 Å². The molecule has 2 heterocycles. The van der Waals surface area contributed by atoms with Gasteiger partial charge in [-0.25, -0.2) is 4.98 Å². The highest BCUT2D eigenvalue weighted by molar-refractivity contribution is 7.09. The van der Waals surface area contributed by atoms with Gasteiger partial charge in [0, 0.05) is 11.1 Å². The van der Waals surface area contributed by atoms with Crippen LogP contribution < -0.4 is 0 Å². The van der Waals surface area contributed by atoms with Crippen molar-refractivity contribution in [1.82, 2.24) is 14.5 Å². The number of thiazole rings is 1. The maximum Gasteiger partial charge on any atom is 0.125 e. The topological polar surface area (TPSA) is 30.7 Å². The molecule has 0 bridgehead atoms. The number of fused-ring (bicyclic) bond motifs is 1. The zero-order chi connectivity index (χ0) is 12.5. The first-order valence-corrected chi connectivity index (χ1v) is 7.08. The van der Waals surface area contributed by atoms with Gasteiger partial charge < -0.3 is 4.57 Å². The molecule has 0 aliphatic heterocycles. The van der Waals surface area contributed by atoms with Crippen LogP contribution in [0.15, 0.2) is 29.9 Å². The molecule has 0 spiro atoms. The van der Waals surface area contributed by atoms with Crippen LogP contribution in [0.1, 0.15) is 16.3 Å². The van der Waals surface area contributed by atoms with Gasteiger partial charge in [-0.15, -0.1) is 22.9 Å². The fourth-order valence-corrected chi connectivity index (χ4v) is 2.83. The summed E-state index contributed by atoms with van der Waals surface area (Å²) >= 11 is 7.64. The van der Waals surface area contributed by atoms with Gasteiger partial charge in [0.2, 0.25) is 0 Å². The van der Waals surface area contributed by atoms with Crippen LogP contribution in [0, 0.1) is 6.92 Å². The summed E-state index contributed by atoms with van der Waals surface area (Å²) < 4.78 is 2.16. The Morgan fingerprint density at radius 3 is 3.00 bits per heavy atom. The minimum atomic E-state index is 0.423. The third-order valence-electron chi connectivity index (χ3n) is 2.90. The standard InChI is InChI=1S/C13H12ClN3S/c1-9-2-3-12-11(4-9)16-13(5-14)17(12)7-10-6-15-8-18-10/h2-4,6,8H,5,7H2,1H3. The van der Waals surface area contributed by atoms with Crippen LogP contribution in [0.25, 0.3) is 11.0 Å². The van der Waals surface area contributed by atoms with Gasteiger partial charge in [0.1, 0.15) is 5.82 Å². The molecule has 3 nitrogen and oxygen atoms in total. The molecule has 3 aromatic rings. The van der Waals surface area contributed by atoms with Crippen molar-refractivity contribution in [3.8, 4) is 0 Å². The van der Waals surface area contributed by atoms with Gasteiger partial charge in [0.25, 0.3) is 0 Å². The molecule has 3 rings (SSSR count). The van der Waals surface area contributed by atoms with Crippen LogP contribution in [0.2, 0.25) is 0 Å². The lowest BCUT2D eigenvalue weighted by molar-refractivity contribution is 0.787. The molecule has 1 aromatic carbocycles. The van der Waals surface area contributed by atoms with Gasteiger partial charge in [-0.05, 0) is 24.6 Å². The summed E-state index contributed by atoms with van der Waals surface area (Å²) in [6.07, 6.45) is 1.89. The first-order chi connectivity index (χ1) is 8.78. The van der Waals surface area contributed by atoms with Crippen molar-refractivity contribution in [2.75, 3.05) is 0 Å². The molecule has 0 amide bonds. The number of hydrogen-bond donors (Lipinski definition) is 0. The van der Waals surface area contributed by atoms with Crippen LogP contribution in [0.4, 0.5) is 0 Å². The lowest BCUT2D eigenvalue weighted by Gasteiger charge is -2.05. The third kappa shape index (κ3) is 2.02. The van der Waals surface area contributed by atoms with Gasteiger partial charge in [-0.1, -0.05) is 6.07 Å². The summed E-state index contributed by atoms with van der Waals surface area (Å²) in [5.74, 6) is 1.33. The summed E-state index contributed by atoms with van der Waals surface area (Å²) in [6, 6.07) is 6.30. The van der Waals surface area contributed by atoms with Crippen LogP contribution in [0.3, 0.4) is 0 Å². The number of aryl methyl sites for hydroxylation is 1. The molecule has 5 heteroatoms. The third-order valence-corrected chi connectivity index (χ3v) is 3.90. The van der Waals surface area contributed by atoms with E-state index < -0.39 is 0 Å². The monoisotopic (exact) mass is 277 g/mol. The van der Waals surface area contributed by atoms with Gasteiger partial charge in [0.05, 0.1) is 29.0 Å². The molecule has 18 heavy (non-hydrogen) atoms. The second-order valence-corrected chi connectivity index (χ2v) is 5.45. The van der Waals surface area contributed by atoms with Gasteiger partial charge in [-0.2, -0.15) is 0 Å². The zero-order valence-corrected chi connectivity index (χ0v) is 11.5. The summed E-state index contributed by atoms with van der Waals surface area (Å²) in [6.45, 7) is 2.86. The molecular formula is C13H12ClN3S. The first-order valence-electron chi connectivity index (χ1n) is 5.67. The Bertz CT molecular complexity index is 673. The van der Waals surface area contributed by atoms with Crippen molar-refractivity contribution in [2.45, 2.75) is 19.3 Å². The lowest BCUT2D eigenvalue weighted by atomic mass is 10.2. The number of rotatable bonds is 3. The minimum absolute atomic E-state index is 0.423. The molecule has 0 atom stereocenters. The number of imidazole rings is 1. The van der Waals surface area contributed by atoms with Gasteiger partial charge in [-0.3, -0.25) is 4.98 Å². The van der Waals surface area contributed by atoms with Crippen LogP contribution in [0.5, 0.6) is 0 Å². The van der Waals surface area contributed by atoms with Crippen molar-refractivity contribution >= 4 is 34.0 Å². The Balaban J connectivity index is 2.13.